The molecule has 2 aliphatic heterocycles. The number of rotatable bonds is 10. The zero-order valence-electron chi connectivity index (χ0n) is 25.6. The van der Waals surface area contributed by atoms with E-state index in [1.807, 2.05) is 16.7 Å². The number of anilines is 3. The monoisotopic (exact) mass is 638 g/mol. The van der Waals surface area contributed by atoms with E-state index >= 15 is 8.78 Å². The van der Waals surface area contributed by atoms with E-state index in [4.69, 9.17) is 4.74 Å². The zero-order chi connectivity index (χ0) is 32.7. The normalized spacial score (nSPS) is 19.8. The Bertz CT molecular complexity index is 1760. The molecule has 244 valence electrons. The zero-order valence-corrected chi connectivity index (χ0v) is 25.6. The van der Waals surface area contributed by atoms with E-state index in [1.54, 1.807) is 22.8 Å². The summed E-state index contributed by atoms with van der Waals surface area (Å²) in [6.45, 7) is 5.99. The van der Waals surface area contributed by atoms with E-state index in [1.165, 1.54) is 24.1 Å². The van der Waals surface area contributed by atoms with Gasteiger partial charge in [-0.05, 0) is 50.1 Å². The number of likely N-dealkylation sites (N-methyl/N-ethyl adjacent to an activating group) is 1. The minimum atomic E-state index is -1.34. The van der Waals surface area contributed by atoms with Crippen molar-refractivity contribution in [1.29, 1.82) is 0 Å². The highest BCUT2D eigenvalue weighted by Gasteiger charge is 2.33. The molecule has 0 spiro atoms. The molecule has 6 rings (SSSR count). The Morgan fingerprint density at radius 2 is 1.91 bits per heavy atom. The van der Waals surface area contributed by atoms with E-state index in [-0.39, 0.29) is 42.0 Å². The summed E-state index contributed by atoms with van der Waals surface area (Å²) in [4.78, 5) is 53.3. The molecule has 12 nitrogen and oxygen atoms in total. The summed E-state index contributed by atoms with van der Waals surface area (Å²) in [5.74, 6) is -2.69. The van der Waals surface area contributed by atoms with E-state index in [2.05, 4.69) is 10.6 Å². The third-order valence-electron chi connectivity index (χ3n) is 8.73. The summed E-state index contributed by atoms with van der Waals surface area (Å²) >= 11 is 0. The summed E-state index contributed by atoms with van der Waals surface area (Å²) in [7, 11) is 0. The molecule has 2 amide bonds. The third kappa shape index (κ3) is 6.21. The van der Waals surface area contributed by atoms with Gasteiger partial charge in [0.25, 0.3) is 0 Å². The smallest absolute Gasteiger partial charge is 0.414 e. The van der Waals surface area contributed by atoms with Gasteiger partial charge in [-0.1, -0.05) is 0 Å². The van der Waals surface area contributed by atoms with Crippen LogP contribution in [0.15, 0.2) is 41.3 Å². The lowest BCUT2D eigenvalue weighted by Gasteiger charge is -2.38. The first-order valence-electron chi connectivity index (χ1n) is 15.4. The van der Waals surface area contributed by atoms with Crippen LogP contribution >= 0.6 is 0 Å². The molecular formula is C32H36F2N6O6. The van der Waals surface area contributed by atoms with Crippen LogP contribution in [0.1, 0.15) is 43.1 Å². The molecule has 0 radical (unpaired) electrons. The van der Waals surface area contributed by atoms with Gasteiger partial charge in [0.15, 0.2) is 0 Å². The second-order valence-electron chi connectivity index (χ2n) is 12.0. The number of benzene rings is 2. The number of carboxylic acids is 1. The molecule has 0 unspecified atom stereocenters. The molecule has 3 aliphatic rings. The average molecular weight is 639 g/mol. The molecule has 1 aliphatic carbocycles. The number of pyridine rings is 1. The second kappa shape index (κ2) is 12.6. The number of carbonyl (C=O) groups is 3. The number of fused-ring (bicyclic) bond motifs is 1. The SMILES string of the molecule is CCN(C[C@H]1CN(c2cc3c(cc2F)c(=O)c(C(=O)O)cn3C2CC2)CCN1)c1ccc(N2C[C@H](CNC(C)=O)OC2=O)cc1F. The van der Waals surface area contributed by atoms with Crippen molar-refractivity contribution in [2.75, 3.05) is 60.5 Å². The second-order valence-corrected chi connectivity index (χ2v) is 12.0. The highest BCUT2D eigenvalue weighted by atomic mass is 19.1. The Balaban J connectivity index is 1.19. The maximum Gasteiger partial charge on any atom is 0.414 e. The van der Waals surface area contributed by atoms with Gasteiger partial charge in [-0.15, -0.1) is 0 Å². The quantitative estimate of drug-likeness (QED) is 0.306. The molecule has 0 bridgehead atoms. The number of cyclic esters (lactones) is 1. The first kappa shape index (κ1) is 31.3. The number of hydrogen-bond donors (Lipinski definition) is 3. The molecule has 3 aromatic rings. The fraction of sp³-hybridized carbons (Fsp3) is 0.438. The lowest BCUT2D eigenvalue weighted by Crippen LogP contribution is -2.55. The number of aromatic nitrogens is 1. The third-order valence-corrected chi connectivity index (χ3v) is 8.73. The van der Waals surface area contributed by atoms with Gasteiger partial charge in [0.1, 0.15) is 23.3 Å². The Kier molecular flexibility index (Phi) is 8.55. The molecule has 3 fully saturated rings. The maximum atomic E-state index is 15.6. The molecule has 3 N–H and O–H groups in total. The molecule has 46 heavy (non-hydrogen) atoms. The summed E-state index contributed by atoms with van der Waals surface area (Å²) in [5, 5.41) is 15.6. The standard InChI is InChI=1S/C32H36F2N6O6/c1-3-37(27-7-6-21(10-25(27)33)40-16-22(46-32(40)45)13-36-18(2)41)14-19-15-38(9-8-35-19)29-12-28-23(11-26(29)34)30(42)24(31(43)44)17-39(28)20-4-5-20/h6-7,10-12,17,19-20,22,35H,3-5,8-9,13-16H2,1-2H3,(H,36,41)(H,43,44)/t19-,22-/m0/s1. The Morgan fingerprint density at radius 3 is 2.59 bits per heavy atom. The summed E-state index contributed by atoms with van der Waals surface area (Å²) in [5.41, 5.74) is 0.448. The van der Waals surface area contributed by atoms with Crippen molar-refractivity contribution < 1.29 is 33.0 Å². The van der Waals surface area contributed by atoms with Crippen molar-refractivity contribution in [3.8, 4) is 0 Å². The van der Waals surface area contributed by atoms with E-state index in [0.29, 0.717) is 55.3 Å². The van der Waals surface area contributed by atoms with Crippen molar-refractivity contribution in [1.82, 2.24) is 15.2 Å². The van der Waals surface area contributed by atoms with Gasteiger partial charge in [-0.25, -0.2) is 18.4 Å². The van der Waals surface area contributed by atoms with Crippen molar-refractivity contribution in [2.45, 2.75) is 44.9 Å². The van der Waals surface area contributed by atoms with Crippen LogP contribution in [0.2, 0.25) is 0 Å². The molecular weight excluding hydrogens is 602 g/mol. The van der Waals surface area contributed by atoms with Gasteiger partial charge in [0, 0.05) is 63.3 Å². The maximum absolute atomic E-state index is 15.6. The number of amides is 2. The highest BCUT2D eigenvalue weighted by molar-refractivity contribution is 5.94. The van der Waals surface area contributed by atoms with Gasteiger partial charge in [-0.3, -0.25) is 14.5 Å². The van der Waals surface area contributed by atoms with Crippen LogP contribution in [0.4, 0.5) is 30.6 Å². The number of hydrogen-bond acceptors (Lipinski definition) is 8. The minimum absolute atomic E-state index is 0.0428. The number of carbonyl (C=O) groups excluding carboxylic acids is 2. The van der Waals surface area contributed by atoms with Crippen LogP contribution in [-0.4, -0.2) is 85.6 Å². The molecule has 3 heterocycles. The topological polar surface area (TPSA) is 136 Å². The van der Waals surface area contributed by atoms with E-state index < -0.39 is 35.2 Å². The van der Waals surface area contributed by atoms with Gasteiger partial charge in [0.2, 0.25) is 11.3 Å². The molecule has 1 saturated carbocycles. The fourth-order valence-corrected chi connectivity index (χ4v) is 6.25. The number of nitrogens with zero attached hydrogens (tertiary/aromatic N) is 4. The number of ether oxygens (including phenoxy) is 1. The summed E-state index contributed by atoms with van der Waals surface area (Å²) in [6.07, 6.45) is 1.92. The van der Waals surface area contributed by atoms with Crippen LogP contribution in [-0.2, 0) is 9.53 Å². The fourth-order valence-electron chi connectivity index (χ4n) is 6.25. The predicted molar refractivity (Wildman–Crippen MR) is 168 cm³/mol. The first-order valence-corrected chi connectivity index (χ1v) is 15.4. The molecule has 2 saturated heterocycles. The number of nitrogens with one attached hydrogen (secondary N) is 2. The van der Waals surface area contributed by atoms with Crippen LogP contribution in [0.3, 0.4) is 0 Å². The predicted octanol–water partition coefficient (Wildman–Crippen LogP) is 3.08. The lowest BCUT2D eigenvalue weighted by atomic mass is 10.1. The van der Waals surface area contributed by atoms with E-state index in [0.717, 1.165) is 18.9 Å². The van der Waals surface area contributed by atoms with Crippen molar-refractivity contribution in [3.05, 3.63) is 63.9 Å². The van der Waals surface area contributed by atoms with Gasteiger partial charge >= 0.3 is 12.1 Å². The summed E-state index contributed by atoms with van der Waals surface area (Å²) in [6, 6.07) is 7.25. The average Bonchev–Trinajstić information content (AvgIpc) is 3.80. The van der Waals surface area contributed by atoms with Gasteiger partial charge < -0.3 is 34.8 Å². The molecule has 2 aromatic carbocycles. The molecule has 1 aromatic heterocycles. The Labute approximate surface area is 263 Å². The Hall–Kier alpha value is -4.72. The van der Waals surface area contributed by atoms with Crippen LogP contribution in [0, 0.1) is 11.6 Å². The first-order chi connectivity index (χ1) is 22.0. The number of carboxylic acid groups (broad SMARTS) is 1. The van der Waals surface area contributed by atoms with E-state index in [9.17, 15) is 24.3 Å². The van der Waals surface area contributed by atoms with Crippen LogP contribution in [0.5, 0.6) is 0 Å². The van der Waals surface area contributed by atoms with Gasteiger partial charge in [0.05, 0.1) is 35.7 Å². The molecule has 2 atom stereocenters. The van der Waals surface area contributed by atoms with Crippen molar-refractivity contribution >= 4 is 45.9 Å². The molecule has 14 heteroatoms. The van der Waals surface area contributed by atoms with Crippen molar-refractivity contribution in [2.24, 2.45) is 0 Å². The number of halogens is 2. The van der Waals surface area contributed by atoms with Crippen molar-refractivity contribution in [3.63, 3.8) is 0 Å². The number of piperazine rings is 1. The van der Waals surface area contributed by atoms with Gasteiger partial charge in [-0.2, -0.15) is 0 Å². The number of aromatic carboxylic acids is 1. The van der Waals surface area contributed by atoms with Crippen LogP contribution in [0.25, 0.3) is 10.9 Å². The largest absolute Gasteiger partial charge is 0.477 e. The highest BCUT2D eigenvalue weighted by Crippen LogP contribution is 2.38. The lowest BCUT2D eigenvalue weighted by molar-refractivity contribution is -0.119. The van der Waals surface area contributed by atoms with Crippen LogP contribution < -0.4 is 30.8 Å². The Morgan fingerprint density at radius 1 is 1.13 bits per heavy atom. The summed E-state index contributed by atoms with van der Waals surface area (Å²) < 4.78 is 38.1. The minimum Gasteiger partial charge on any atom is -0.477 e.